The second-order valence-corrected chi connectivity index (χ2v) is 4.08. The largest absolute Gasteiger partial charge is 0.468 e. The molecule has 3 nitrogen and oxygen atoms in total. The average Bonchev–Trinajstić information content (AvgIpc) is 2.70. The van der Waals surface area contributed by atoms with E-state index in [4.69, 9.17) is 10.2 Å². The summed E-state index contributed by atoms with van der Waals surface area (Å²) in [5.41, 5.74) is 5.79. The lowest BCUT2D eigenvalue weighted by molar-refractivity contribution is 0.106. The molecule has 0 unspecified atom stereocenters. The van der Waals surface area contributed by atoms with Gasteiger partial charge in [-0.3, -0.25) is 4.90 Å². The molecule has 1 saturated heterocycles. The van der Waals surface area contributed by atoms with Crippen LogP contribution in [0.15, 0.2) is 22.8 Å². The molecule has 0 radical (unpaired) electrons. The van der Waals surface area contributed by atoms with Crippen molar-refractivity contribution < 1.29 is 4.42 Å². The summed E-state index contributed by atoms with van der Waals surface area (Å²) in [5.74, 6) is 1.60. The maximum atomic E-state index is 5.79. The summed E-state index contributed by atoms with van der Waals surface area (Å²) >= 11 is 0. The van der Waals surface area contributed by atoms with Crippen LogP contribution in [0, 0.1) is 5.92 Å². The Morgan fingerprint density at radius 1 is 1.64 bits per heavy atom. The van der Waals surface area contributed by atoms with E-state index >= 15 is 0 Å². The molecule has 2 rings (SSSR count). The SMILES string of the molecule is CN1CCC[C@H](CN)[C@H]1c1ccco1. The predicted molar refractivity (Wildman–Crippen MR) is 55.9 cm³/mol. The van der Waals surface area contributed by atoms with Gasteiger partial charge in [-0.15, -0.1) is 0 Å². The minimum atomic E-state index is 0.378. The Labute approximate surface area is 84.9 Å². The summed E-state index contributed by atoms with van der Waals surface area (Å²) in [6, 6.07) is 4.38. The van der Waals surface area contributed by atoms with Crippen molar-refractivity contribution in [3.05, 3.63) is 24.2 Å². The molecule has 0 bridgehead atoms. The summed E-state index contributed by atoms with van der Waals surface area (Å²) in [7, 11) is 2.15. The normalized spacial score (nSPS) is 29.3. The van der Waals surface area contributed by atoms with Crippen LogP contribution in [0.3, 0.4) is 0 Å². The Bertz CT molecular complexity index is 271. The summed E-state index contributed by atoms with van der Waals surface area (Å²) in [4.78, 5) is 2.35. The maximum absolute atomic E-state index is 5.79. The number of piperidine rings is 1. The zero-order chi connectivity index (χ0) is 9.97. The maximum Gasteiger partial charge on any atom is 0.121 e. The van der Waals surface area contributed by atoms with Crippen molar-refractivity contribution in [2.24, 2.45) is 11.7 Å². The van der Waals surface area contributed by atoms with Crippen LogP contribution >= 0.6 is 0 Å². The molecule has 0 spiro atoms. The van der Waals surface area contributed by atoms with Crippen LogP contribution in [-0.2, 0) is 0 Å². The number of hydrogen-bond donors (Lipinski definition) is 1. The second-order valence-electron chi connectivity index (χ2n) is 4.08. The van der Waals surface area contributed by atoms with Gasteiger partial charge in [-0.25, -0.2) is 0 Å². The Kier molecular flexibility index (Phi) is 2.89. The number of hydrogen-bond acceptors (Lipinski definition) is 3. The van der Waals surface area contributed by atoms with E-state index < -0.39 is 0 Å². The molecule has 0 saturated carbocycles. The van der Waals surface area contributed by atoms with Crippen molar-refractivity contribution in [3.63, 3.8) is 0 Å². The highest BCUT2D eigenvalue weighted by atomic mass is 16.3. The first-order valence-electron chi connectivity index (χ1n) is 5.26. The Morgan fingerprint density at radius 3 is 3.14 bits per heavy atom. The van der Waals surface area contributed by atoms with Crippen molar-refractivity contribution >= 4 is 0 Å². The molecule has 14 heavy (non-hydrogen) atoms. The number of likely N-dealkylation sites (tertiary alicyclic amines) is 1. The van der Waals surface area contributed by atoms with Crippen molar-refractivity contribution in [2.75, 3.05) is 20.1 Å². The van der Waals surface area contributed by atoms with E-state index in [9.17, 15) is 0 Å². The van der Waals surface area contributed by atoms with Crippen LogP contribution in [0.4, 0.5) is 0 Å². The third-order valence-corrected chi connectivity index (χ3v) is 3.14. The molecule has 3 heteroatoms. The van der Waals surface area contributed by atoms with Gasteiger partial charge >= 0.3 is 0 Å². The highest BCUT2D eigenvalue weighted by Crippen LogP contribution is 2.34. The lowest BCUT2D eigenvalue weighted by Gasteiger charge is -2.37. The molecule has 0 aliphatic carbocycles. The quantitative estimate of drug-likeness (QED) is 0.778. The van der Waals surface area contributed by atoms with E-state index in [-0.39, 0.29) is 0 Å². The van der Waals surface area contributed by atoms with E-state index in [0.717, 1.165) is 18.8 Å². The topological polar surface area (TPSA) is 42.4 Å². The van der Waals surface area contributed by atoms with E-state index in [1.54, 1.807) is 6.26 Å². The van der Waals surface area contributed by atoms with Crippen LogP contribution in [0.2, 0.25) is 0 Å². The fraction of sp³-hybridized carbons (Fsp3) is 0.636. The third kappa shape index (κ3) is 1.70. The van der Waals surface area contributed by atoms with E-state index in [1.807, 2.05) is 6.07 Å². The fourth-order valence-electron chi connectivity index (χ4n) is 2.42. The highest BCUT2D eigenvalue weighted by molar-refractivity contribution is 5.07. The third-order valence-electron chi connectivity index (χ3n) is 3.14. The second kappa shape index (κ2) is 4.15. The van der Waals surface area contributed by atoms with Gasteiger partial charge in [-0.2, -0.15) is 0 Å². The Balaban J connectivity index is 2.19. The van der Waals surface area contributed by atoms with E-state index in [0.29, 0.717) is 12.0 Å². The Hall–Kier alpha value is -0.800. The van der Waals surface area contributed by atoms with Crippen LogP contribution in [0.1, 0.15) is 24.6 Å². The van der Waals surface area contributed by atoms with Crippen molar-refractivity contribution in [2.45, 2.75) is 18.9 Å². The Morgan fingerprint density at radius 2 is 2.50 bits per heavy atom. The molecule has 1 fully saturated rings. The first kappa shape index (κ1) is 9.74. The van der Waals surface area contributed by atoms with Gasteiger partial charge in [0.15, 0.2) is 0 Å². The van der Waals surface area contributed by atoms with Crippen LogP contribution in [-0.4, -0.2) is 25.0 Å². The van der Waals surface area contributed by atoms with Crippen molar-refractivity contribution in [3.8, 4) is 0 Å². The van der Waals surface area contributed by atoms with Gasteiger partial charge in [0.2, 0.25) is 0 Å². The van der Waals surface area contributed by atoms with Gasteiger partial charge in [0.1, 0.15) is 5.76 Å². The van der Waals surface area contributed by atoms with E-state index in [2.05, 4.69) is 18.0 Å². The van der Waals surface area contributed by atoms with Gasteiger partial charge in [0.25, 0.3) is 0 Å². The van der Waals surface area contributed by atoms with Gasteiger partial charge in [0.05, 0.1) is 12.3 Å². The summed E-state index contributed by atoms with van der Waals surface area (Å²) < 4.78 is 5.48. The fourth-order valence-corrected chi connectivity index (χ4v) is 2.42. The molecular formula is C11H18N2O. The standard InChI is InChI=1S/C11H18N2O/c1-13-6-2-4-9(8-12)11(13)10-5-3-7-14-10/h3,5,7,9,11H,2,4,6,8,12H2,1H3/t9-,11+/m1/s1. The van der Waals surface area contributed by atoms with Gasteiger partial charge in [-0.05, 0) is 51.0 Å². The van der Waals surface area contributed by atoms with Gasteiger partial charge in [0, 0.05) is 0 Å². The molecule has 2 atom stereocenters. The highest BCUT2D eigenvalue weighted by Gasteiger charge is 2.31. The summed E-state index contributed by atoms with van der Waals surface area (Å²) in [5, 5.41) is 0. The zero-order valence-electron chi connectivity index (χ0n) is 8.65. The molecule has 0 amide bonds. The number of nitrogens with zero attached hydrogens (tertiary/aromatic N) is 1. The lowest BCUT2D eigenvalue weighted by atomic mass is 9.88. The predicted octanol–water partition coefficient (Wildman–Crippen LogP) is 1.62. The van der Waals surface area contributed by atoms with Crippen LogP contribution < -0.4 is 5.73 Å². The lowest BCUT2D eigenvalue weighted by Crippen LogP contribution is -2.39. The first-order chi connectivity index (χ1) is 6.83. The molecule has 1 aromatic heterocycles. The van der Waals surface area contributed by atoms with Crippen LogP contribution in [0.5, 0.6) is 0 Å². The zero-order valence-corrected chi connectivity index (χ0v) is 8.65. The van der Waals surface area contributed by atoms with E-state index in [1.165, 1.54) is 12.8 Å². The average molecular weight is 194 g/mol. The molecule has 1 aromatic rings. The molecule has 0 aromatic carbocycles. The molecular weight excluding hydrogens is 176 g/mol. The minimum Gasteiger partial charge on any atom is -0.468 e. The smallest absolute Gasteiger partial charge is 0.121 e. The van der Waals surface area contributed by atoms with Gasteiger partial charge < -0.3 is 10.2 Å². The molecule has 2 N–H and O–H groups in total. The monoisotopic (exact) mass is 194 g/mol. The number of rotatable bonds is 2. The molecule has 78 valence electrons. The number of furan rings is 1. The molecule has 1 aliphatic heterocycles. The number of nitrogens with two attached hydrogens (primary N) is 1. The minimum absolute atomic E-state index is 0.378. The van der Waals surface area contributed by atoms with Gasteiger partial charge in [-0.1, -0.05) is 0 Å². The first-order valence-corrected chi connectivity index (χ1v) is 5.26. The summed E-state index contributed by atoms with van der Waals surface area (Å²) in [6.45, 7) is 1.89. The summed E-state index contributed by atoms with van der Waals surface area (Å²) in [6.07, 6.45) is 4.20. The van der Waals surface area contributed by atoms with Crippen LogP contribution in [0.25, 0.3) is 0 Å². The van der Waals surface area contributed by atoms with Crippen molar-refractivity contribution in [1.29, 1.82) is 0 Å². The molecule has 2 heterocycles. The molecule has 1 aliphatic rings. The van der Waals surface area contributed by atoms with Crippen molar-refractivity contribution in [1.82, 2.24) is 4.90 Å².